The molecule has 5 heteroatoms. The molecule has 1 fully saturated rings. The average molecular weight is 263 g/mol. The van der Waals surface area contributed by atoms with Gasteiger partial charge in [0.05, 0.1) is 11.7 Å². The van der Waals surface area contributed by atoms with E-state index in [1.807, 2.05) is 6.07 Å². The predicted octanol–water partition coefficient (Wildman–Crippen LogP) is 1.16. The number of hydrogen-bond donors (Lipinski definition) is 3. The number of carbonyl (C=O) groups excluding carboxylic acids is 1. The molecule has 1 atom stereocenters. The van der Waals surface area contributed by atoms with Crippen molar-refractivity contribution in [1.82, 2.24) is 10.6 Å². The van der Waals surface area contributed by atoms with Crippen LogP contribution in [0.1, 0.15) is 24.0 Å². The predicted molar refractivity (Wildman–Crippen MR) is 71.5 cm³/mol. The molecule has 0 aromatic heterocycles. The quantitative estimate of drug-likeness (QED) is 0.750. The molecule has 0 bridgehead atoms. The first-order chi connectivity index (χ1) is 9.25. The van der Waals surface area contributed by atoms with E-state index in [4.69, 9.17) is 0 Å². The molecule has 1 saturated heterocycles. The van der Waals surface area contributed by atoms with Gasteiger partial charge in [0.15, 0.2) is 0 Å². The topological polar surface area (TPSA) is 53.2 Å². The molecule has 1 unspecified atom stereocenters. The molecule has 102 valence electrons. The Kier molecular flexibility index (Phi) is 3.48. The average Bonchev–Trinajstić information content (AvgIpc) is 2.96. The van der Waals surface area contributed by atoms with Crippen LogP contribution < -0.4 is 16.0 Å². The lowest BCUT2D eigenvalue weighted by Crippen LogP contribution is -2.36. The van der Waals surface area contributed by atoms with Gasteiger partial charge in [-0.25, -0.2) is 4.39 Å². The molecular formula is C14H18FN3O. The highest BCUT2D eigenvalue weighted by Gasteiger charge is 2.24. The van der Waals surface area contributed by atoms with Gasteiger partial charge >= 0.3 is 0 Å². The Bertz CT molecular complexity index is 498. The fourth-order valence-corrected chi connectivity index (χ4v) is 2.76. The van der Waals surface area contributed by atoms with E-state index < -0.39 is 0 Å². The van der Waals surface area contributed by atoms with E-state index in [2.05, 4.69) is 16.0 Å². The molecule has 19 heavy (non-hydrogen) atoms. The van der Waals surface area contributed by atoms with E-state index in [0.717, 1.165) is 37.1 Å². The lowest BCUT2D eigenvalue weighted by atomic mass is 9.99. The van der Waals surface area contributed by atoms with Gasteiger partial charge in [-0.2, -0.15) is 0 Å². The van der Waals surface area contributed by atoms with Gasteiger partial charge in [0.25, 0.3) is 0 Å². The smallest absolute Gasteiger partial charge is 0.241 e. The van der Waals surface area contributed by atoms with Crippen LogP contribution in [0.3, 0.4) is 0 Å². The normalized spacial score (nSPS) is 22.1. The molecule has 3 rings (SSSR count). The maximum absolute atomic E-state index is 14.3. The second-order valence-corrected chi connectivity index (χ2v) is 5.13. The van der Waals surface area contributed by atoms with Crippen molar-refractivity contribution in [3.63, 3.8) is 0 Å². The summed E-state index contributed by atoms with van der Waals surface area (Å²) >= 11 is 0. The molecule has 2 aliphatic rings. The van der Waals surface area contributed by atoms with Crippen LogP contribution in [-0.4, -0.2) is 25.0 Å². The molecule has 4 nitrogen and oxygen atoms in total. The van der Waals surface area contributed by atoms with Crippen LogP contribution in [0, 0.1) is 5.82 Å². The van der Waals surface area contributed by atoms with Gasteiger partial charge in [0.1, 0.15) is 5.82 Å². The Morgan fingerprint density at radius 3 is 3.05 bits per heavy atom. The number of benzene rings is 1. The third kappa shape index (κ3) is 2.48. The van der Waals surface area contributed by atoms with Crippen molar-refractivity contribution in [3.05, 3.63) is 29.1 Å². The first-order valence-electron chi connectivity index (χ1n) is 6.81. The molecule has 2 aliphatic heterocycles. The molecule has 0 radical (unpaired) electrons. The summed E-state index contributed by atoms with van der Waals surface area (Å²) in [5.41, 5.74) is 2.02. The highest BCUT2D eigenvalue weighted by atomic mass is 19.1. The SMILES string of the molecule is O=C(Nc1ccc2c(c1F)CCNC2)C1CCCN1. The molecule has 1 aromatic carbocycles. The summed E-state index contributed by atoms with van der Waals surface area (Å²) in [4.78, 5) is 12.0. The minimum atomic E-state index is -0.273. The van der Waals surface area contributed by atoms with Gasteiger partial charge in [-0.3, -0.25) is 4.79 Å². The Hall–Kier alpha value is -1.46. The van der Waals surface area contributed by atoms with E-state index in [0.29, 0.717) is 18.7 Å². The maximum atomic E-state index is 14.3. The Morgan fingerprint density at radius 1 is 1.37 bits per heavy atom. The number of carbonyl (C=O) groups is 1. The molecule has 0 aliphatic carbocycles. The maximum Gasteiger partial charge on any atom is 0.241 e. The van der Waals surface area contributed by atoms with Crippen molar-refractivity contribution in [1.29, 1.82) is 0 Å². The lowest BCUT2D eigenvalue weighted by Gasteiger charge is -2.20. The zero-order valence-corrected chi connectivity index (χ0v) is 10.8. The summed E-state index contributed by atoms with van der Waals surface area (Å²) in [6.07, 6.45) is 2.49. The minimum Gasteiger partial charge on any atom is -0.322 e. The van der Waals surface area contributed by atoms with E-state index >= 15 is 0 Å². The Labute approximate surface area is 111 Å². The van der Waals surface area contributed by atoms with Crippen molar-refractivity contribution >= 4 is 11.6 Å². The van der Waals surface area contributed by atoms with E-state index in [-0.39, 0.29) is 17.8 Å². The molecule has 0 spiro atoms. The number of amides is 1. The van der Waals surface area contributed by atoms with E-state index in [9.17, 15) is 9.18 Å². The Morgan fingerprint density at radius 2 is 2.26 bits per heavy atom. The number of hydrogen-bond acceptors (Lipinski definition) is 3. The monoisotopic (exact) mass is 263 g/mol. The molecular weight excluding hydrogens is 245 g/mol. The summed E-state index contributed by atoms with van der Waals surface area (Å²) in [5, 5.41) is 9.03. The van der Waals surface area contributed by atoms with Crippen LogP contribution in [0.4, 0.5) is 10.1 Å². The van der Waals surface area contributed by atoms with Gasteiger partial charge in [0.2, 0.25) is 5.91 Å². The van der Waals surface area contributed by atoms with E-state index in [1.54, 1.807) is 6.07 Å². The summed E-state index contributed by atoms with van der Waals surface area (Å²) in [6.45, 7) is 2.34. The summed E-state index contributed by atoms with van der Waals surface area (Å²) < 4.78 is 14.3. The zero-order chi connectivity index (χ0) is 13.2. The van der Waals surface area contributed by atoms with Gasteiger partial charge in [-0.1, -0.05) is 6.07 Å². The number of nitrogens with one attached hydrogen (secondary N) is 3. The van der Waals surface area contributed by atoms with Crippen LogP contribution in [0.5, 0.6) is 0 Å². The second-order valence-electron chi connectivity index (χ2n) is 5.13. The van der Waals surface area contributed by atoms with Crippen molar-refractivity contribution in [2.24, 2.45) is 0 Å². The molecule has 1 aromatic rings. The fourth-order valence-electron chi connectivity index (χ4n) is 2.76. The Balaban J connectivity index is 1.79. The number of halogens is 1. The van der Waals surface area contributed by atoms with Crippen molar-refractivity contribution in [2.45, 2.75) is 31.8 Å². The largest absolute Gasteiger partial charge is 0.322 e. The highest BCUT2D eigenvalue weighted by molar-refractivity contribution is 5.95. The van der Waals surface area contributed by atoms with Crippen LogP contribution >= 0.6 is 0 Å². The summed E-state index contributed by atoms with van der Waals surface area (Å²) in [5.74, 6) is -0.407. The molecule has 2 heterocycles. The standard InChI is InChI=1S/C14H18FN3O/c15-13-10-5-7-16-8-9(10)3-4-11(13)18-14(19)12-2-1-6-17-12/h3-4,12,16-17H,1-2,5-8H2,(H,18,19). The van der Waals surface area contributed by atoms with Crippen molar-refractivity contribution in [2.75, 3.05) is 18.4 Å². The first-order valence-corrected chi connectivity index (χ1v) is 6.81. The third-order valence-corrected chi connectivity index (χ3v) is 3.84. The number of anilines is 1. The van der Waals surface area contributed by atoms with Gasteiger partial charge < -0.3 is 16.0 Å². The van der Waals surface area contributed by atoms with Crippen LogP contribution in [-0.2, 0) is 17.8 Å². The van der Waals surface area contributed by atoms with Gasteiger partial charge in [-0.05, 0) is 49.5 Å². The minimum absolute atomic E-state index is 0.134. The van der Waals surface area contributed by atoms with Crippen LogP contribution in [0.2, 0.25) is 0 Å². The molecule has 0 saturated carbocycles. The second kappa shape index (κ2) is 5.27. The fraction of sp³-hybridized carbons (Fsp3) is 0.500. The molecule has 1 amide bonds. The van der Waals surface area contributed by atoms with Crippen LogP contribution in [0.25, 0.3) is 0 Å². The highest BCUT2D eigenvalue weighted by Crippen LogP contribution is 2.24. The van der Waals surface area contributed by atoms with Crippen molar-refractivity contribution < 1.29 is 9.18 Å². The summed E-state index contributed by atoms with van der Waals surface area (Å²) in [6, 6.07) is 3.37. The number of fused-ring (bicyclic) bond motifs is 1. The van der Waals surface area contributed by atoms with Gasteiger partial charge in [0, 0.05) is 6.54 Å². The lowest BCUT2D eigenvalue weighted by molar-refractivity contribution is -0.117. The first kappa shape index (κ1) is 12.6. The van der Waals surface area contributed by atoms with Crippen molar-refractivity contribution in [3.8, 4) is 0 Å². The van der Waals surface area contributed by atoms with E-state index in [1.165, 1.54) is 0 Å². The zero-order valence-electron chi connectivity index (χ0n) is 10.8. The number of rotatable bonds is 2. The molecule has 3 N–H and O–H groups in total. The third-order valence-electron chi connectivity index (χ3n) is 3.84. The van der Waals surface area contributed by atoms with Crippen LogP contribution in [0.15, 0.2) is 12.1 Å². The summed E-state index contributed by atoms with van der Waals surface area (Å²) in [7, 11) is 0. The van der Waals surface area contributed by atoms with Gasteiger partial charge in [-0.15, -0.1) is 0 Å².